The minimum atomic E-state index is -1.49. The summed E-state index contributed by atoms with van der Waals surface area (Å²) in [7, 11) is 1.54. The van der Waals surface area contributed by atoms with Gasteiger partial charge in [-0.05, 0) is 17.7 Å². The zero-order chi connectivity index (χ0) is 11.3. The standard InChI is InChI=1S/C10H11NO4/c1-15-8-4-2-3-7(5-8)6-11-9(12)10(13)14/h2-5H,6H2,1H3,(H,11,12)(H,13,14). The van der Waals surface area contributed by atoms with Crippen LogP contribution in [0.1, 0.15) is 5.56 Å². The molecule has 1 amide bonds. The molecule has 1 rings (SSSR count). The molecule has 0 aliphatic heterocycles. The Hall–Kier alpha value is -2.04. The van der Waals surface area contributed by atoms with Gasteiger partial charge in [0, 0.05) is 6.54 Å². The number of methoxy groups -OCH3 is 1. The third kappa shape index (κ3) is 3.30. The molecule has 1 aromatic carbocycles. The van der Waals surface area contributed by atoms with E-state index in [1.807, 2.05) is 0 Å². The van der Waals surface area contributed by atoms with Crippen LogP contribution in [0, 0.1) is 0 Å². The van der Waals surface area contributed by atoms with Crippen LogP contribution in [0.5, 0.6) is 5.75 Å². The van der Waals surface area contributed by atoms with E-state index in [0.29, 0.717) is 5.75 Å². The number of hydrogen-bond donors (Lipinski definition) is 2. The average molecular weight is 209 g/mol. The van der Waals surface area contributed by atoms with Crippen LogP contribution in [0.2, 0.25) is 0 Å². The lowest BCUT2D eigenvalue weighted by atomic mass is 10.2. The van der Waals surface area contributed by atoms with Crippen molar-refractivity contribution < 1.29 is 19.4 Å². The molecule has 5 nitrogen and oxygen atoms in total. The Kier molecular flexibility index (Phi) is 3.68. The van der Waals surface area contributed by atoms with Gasteiger partial charge in [-0.2, -0.15) is 0 Å². The Labute approximate surface area is 86.7 Å². The summed E-state index contributed by atoms with van der Waals surface area (Å²) < 4.78 is 4.98. The number of benzene rings is 1. The normalized spacial score (nSPS) is 9.40. The number of ether oxygens (including phenoxy) is 1. The lowest BCUT2D eigenvalue weighted by molar-refractivity contribution is -0.150. The highest BCUT2D eigenvalue weighted by Crippen LogP contribution is 2.11. The summed E-state index contributed by atoms with van der Waals surface area (Å²) in [5.41, 5.74) is 0.781. The Balaban J connectivity index is 2.57. The van der Waals surface area contributed by atoms with Gasteiger partial charge in [0.05, 0.1) is 7.11 Å². The summed E-state index contributed by atoms with van der Waals surface area (Å²) in [6, 6.07) is 7.02. The molecule has 0 unspecified atom stereocenters. The first-order valence-corrected chi connectivity index (χ1v) is 4.27. The number of amides is 1. The molecule has 0 aliphatic carbocycles. The first-order valence-electron chi connectivity index (χ1n) is 4.27. The van der Waals surface area contributed by atoms with E-state index in [0.717, 1.165) is 5.56 Å². The second-order valence-electron chi connectivity index (χ2n) is 2.84. The van der Waals surface area contributed by atoms with Crippen LogP contribution in [0.3, 0.4) is 0 Å². The fraction of sp³-hybridized carbons (Fsp3) is 0.200. The van der Waals surface area contributed by atoms with Crippen molar-refractivity contribution in [2.24, 2.45) is 0 Å². The molecular formula is C10H11NO4. The largest absolute Gasteiger partial charge is 0.497 e. The van der Waals surface area contributed by atoms with Gasteiger partial charge in [-0.1, -0.05) is 12.1 Å². The molecule has 0 bridgehead atoms. The maximum atomic E-state index is 10.7. The van der Waals surface area contributed by atoms with Crippen LogP contribution in [-0.2, 0) is 16.1 Å². The molecule has 1 aromatic rings. The second kappa shape index (κ2) is 4.99. The van der Waals surface area contributed by atoms with Crippen molar-refractivity contribution in [3.05, 3.63) is 29.8 Å². The third-order valence-corrected chi connectivity index (χ3v) is 1.78. The molecule has 15 heavy (non-hydrogen) atoms. The van der Waals surface area contributed by atoms with Crippen molar-refractivity contribution in [3.63, 3.8) is 0 Å². The molecule has 0 aliphatic rings. The quantitative estimate of drug-likeness (QED) is 0.706. The van der Waals surface area contributed by atoms with Crippen molar-refractivity contribution in [3.8, 4) is 5.75 Å². The van der Waals surface area contributed by atoms with Gasteiger partial charge < -0.3 is 15.2 Å². The number of carboxylic acid groups (broad SMARTS) is 1. The fourth-order valence-corrected chi connectivity index (χ4v) is 1.04. The molecule has 80 valence electrons. The van der Waals surface area contributed by atoms with Crippen molar-refractivity contribution in [2.75, 3.05) is 7.11 Å². The van der Waals surface area contributed by atoms with E-state index in [4.69, 9.17) is 9.84 Å². The molecule has 0 atom stereocenters. The molecule has 0 spiro atoms. The molecular weight excluding hydrogens is 198 g/mol. The van der Waals surface area contributed by atoms with Crippen molar-refractivity contribution >= 4 is 11.9 Å². The summed E-state index contributed by atoms with van der Waals surface area (Å²) in [6.45, 7) is 0.169. The van der Waals surface area contributed by atoms with Crippen molar-refractivity contribution in [1.82, 2.24) is 5.32 Å². The van der Waals surface area contributed by atoms with Gasteiger partial charge in [0.25, 0.3) is 0 Å². The van der Waals surface area contributed by atoms with E-state index >= 15 is 0 Å². The minimum Gasteiger partial charge on any atom is -0.497 e. The number of hydrogen-bond acceptors (Lipinski definition) is 3. The highest BCUT2D eigenvalue weighted by molar-refractivity contribution is 6.31. The average Bonchev–Trinajstić information content (AvgIpc) is 2.26. The monoisotopic (exact) mass is 209 g/mol. The van der Waals surface area contributed by atoms with Gasteiger partial charge in [0.1, 0.15) is 5.75 Å². The van der Waals surface area contributed by atoms with Crippen molar-refractivity contribution in [1.29, 1.82) is 0 Å². The Morgan fingerprint density at radius 1 is 1.47 bits per heavy atom. The topological polar surface area (TPSA) is 75.6 Å². The smallest absolute Gasteiger partial charge is 0.394 e. The van der Waals surface area contributed by atoms with E-state index in [1.54, 1.807) is 24.3 Å². The lowest BCUT2D eigenvalue weighted by Crippen LogP contribution is -2.30. The number of carboxylic acids is 1. The molecule has 0 fully saturated rings. The predicted octanol–water partition coefficient (Wildman–Crippen LogP) is 0.396. The summed E-state index contributed by atoms with van der Waals surface area (Å²) in [4.78, 5) is 20.9. The van der Waals surface area contributed by atoms with E-state index < -0.39 is 11.9 Å². The van der Waals surface area contributed by atoms with Gasteiger partial charge in [0.15, 0.2) is 0 Å². The molecule has 0 aromatic heterocycles. The van der Waals surface area contributed by atoms with Crippen molar-refractivity contribution in [2.45, 2.75) is 6.54 Å². The van der Waals surface area contributed by atoms with E-state index in [9.17, 15) is 9.59 Å². The Morgan fingerprint density at radius 2 is 2.20 bits per heavy atom. The highest BCUT2D eigenvalue weighted by Gasteiger charge is 2.09. The van der Waals surface area contributed by atoms with Crippen LogP contribution < -0.4 is 10.1 Å². The van der Waals surface area contributed by atoms with Gasteiger partial charge in [0.2, 0.25) is 0 Å². The third-order valence-electron chi connectivity index (χ3n) is 1.78. The number of carbonyl (C=O) groups excluding carboxylic acids is 1. The van der Waals surface area contributed by atoms with Crippen LogP contribution >= 0.6 is 0 Å². The summed E-state index contributed by atoms with van der Waals surface area (Å²) in [5.74, 6) is -1.84. The van der Waals surface area contributed by atoms with Crippen LogP contribution in [0.4, 0.5) is 0 Å². The van der Waals surface area contributed by atoms with E-state index in [2.05, 4.69) is 5.32 Å². The zero-order valence-electron chi connectivity index (χ0n) is 8.19. The van der Waals surface area contributed by atoms with Gasteiger partial charge >= 0.3 is 11.9 Å². The Morgan fingerprint density at radius 3 is 2.80 bits per heavy atom. The zero-order valence-corrected chi connectivity index (χ0v) is 8.19. The molecule has 0 saturated heterocycles. The maximum absolute atomic E-state index is 10.7. The summed E-state index contributed by atoms with van der Waals surface area (Å²) in [5, 5.41) is 10.6. The van der Waals surface area contributed by atoms with E-state index in [1.165, 1.54) is 7.11 Å². The molecule has 0 heterocycles. The predicted molar refractivity (Wildman–Crippen MR) is 52.5 cm³/mol. The molecule has 0 radical (unpaired) electrons. The molecule has 2 N–H and O–H groups in total. The van der Waals surface area contributed by atoms with Crippen LogP contribution in [-0.4, -0.2) is 24.1 Å². The van der Waals surface area contributed by atoms with Crippen LogP contribution in [0.15, 0.2) is 24.3 Å². The maximum Gasteiger partial charge on any atom is 0.394 e. The van der Waals surface area contributed by atoms with Gasteiger partial charge in [-0.3, -0.25) is 4.79 Å². The fourth-order valence-electron chi connectivity index (χ4n) is 1.04. The first kappa shape index (κ1) is 11.0. The van der Waals surface area contributed by atoms with Gasteiger partial charge in [-0.25, -0.2) is 4.79 Å². The summed E-state index contributed by atoms with van der Waals surface area (Å²) in [6.07, 6.45) is 0. The summed E-state index contributed by atoms with van der Waals surface area (Å²) >= 11 is 0. The number of nitrogens with one attached hydrogen (secondary N) is 1. The second-order valence-corrected chi connectivity index (χ2v) is 2.84. The minimum absolute atomic E-state index is 0.169. The Bertz CT molecular complexity index is 375. The molecule has 0 saturated carbocycles. The van der Waals surface area contributed by atoms with E-state index in [-0.39, 0.29) is 6.54 Å². The SMILES string of the molecule is COc1cccc(CNC(=O)C(=O)O)c1. The number of aliphatic carboxylic acids is 1. The highest BCUT2D eigenvalue weighted by atomic mass is 16.5. The number of rotatable bonds is 3. The number of carbonyl (C=O) groups is 2. The molecule has 5 heteroatoms. The lowest BCUT2D eigenvalue weighted by Gasteiger charge is -2.04. The van der Waals surface area contributed by atoms with Crippen LogP contribution in [0.25, 0.3) is 0 Å². The first-order chi connectivity index (χ1) is 7.13. The van der Waals surface area contributed by atoms with Gasteiger partial charge in [-0.15, -0.1) is 0 Å².